The van der Waals surface area contributed by atoms with E-state index in [1.165, 1.54) is 0 Å². The van der Waals surface area contributed by atoms with Gasteiger partial charge in [0, 0.05) is 31.4 Å². The maximum absolute atomic E-state index is 5.48. The van der Waals surface area contributed by atoms with Crippen LogP contribution in [0.15, 0.2) is 12.3 Å². The maximum atomic E-state index is 5.48. The first-order valence-corrected chi connectivity index (χ1v) is 7.07. The number of anilines is 1. The summed E-state index contributed by atoms with van der Waals surface area (Å²) in [6, 6.07) is 2.38. The van der Waals surface area contributed by atoms with Gasteiger partial charge in [0.25, 0.3) is 0 Å². The second kappa shape index (κ2) is 8.69. The van der Waals surface area contributed by atoms with Gasteiger partial charge >= 0.3 is 0 Å². The van der Waals surface area contributed by atoms with Crippen LogP contribution < -0.4 is 10.1 Å². The predicted molar refractivity (Wildman–Crippen MR) is 78.7 cm³/mol. The number of aromatic nitrogens is 2. The Kier molecular flexibility index (Phi) is 7.18. The summed E-state index contributed by atoms with van der Waals surface area (Å²) in [5, 5.41) is 3.23. The molecule has 1 aromatic heterocycles. The van der Waals surface area contributed by atoms with Crippen LogP contribution in [0.5, 0.6) is 5.88 Å². The van der Waals surface area contributed by atoms with Crippen LogP contribution in [0, 0.1) is 0 Å². The highest BCUT2D eigenvalue weighted by atomic mass is 16.5. The number of nitrogens with one attached hydrogen (secondary N) is 1. The number of likely N-dealkylation sites (N-methyl/N-ethyl adjacent to an activating group) is 1. The van der Waals surface area contributed by atoms with E-state index in [1.54, 1.807) is 12.3 Å². The van der Waals surface area contributed by atoms with E-state index in [4.69, 9.17) is 4.74 Å². The second-order valence-corrected chi connectivity index (χ2v) is 4.73. The molecule has 0 bridgehead atoms. The van der Waals surface area contributed by atoms with Gasteiger partial charge in [-0.1, -0.05) is 13.8 Å². The minimum atomic E-state index is 0.599. The Bertz CT molecular complexity index is 359. The molecule has 0 aliphatic carbocycles. The van der Waals surface area contributed by atoms with Crippen molar-refractivity contribution >= 4 is 5.95 Å². The molecular weight excluding hydrogens is 240 g/mol. The summed E-state index contributed by atoms with van der Waals surface area (Å²) in [5.41, 5.74) is 0. The van der Waals surface area contributed by atoms with Crippen LogP contribution in [0.4, 0.5) is 5.95 Å². The molecule has 0 fully saturated rings. The van der Waals surface area contributed by atoms with Crippen LogP contribution in [0.25, 0.3) is 0 Å². The molecule has 1 atom stereocenters. The maximum Gasteiger partial charge on any atom is 0.225 e. The summed E-state index contributed by atoms with van der Waals surface area (Å²) in [4.78, 5) is 10.8. The highest BCUT2D eigenvalue weighted by Gasteiger charge is 2.06. The predicted octanol–water partition coefficient (Wildman–Crippen LogP) is 2.41. The van der Waals surface area contributed by atoms with Crippen molar-refractivity contribution in [3.05, 3.63) is 12.3 Å². The largest absolute Gasteiger partial charge is 0.478 e. The molecule has 0 aromatic carbocycles. The Morgan fingerprint density at radius 1 is 1.42 bits per heavy atom. The normalized spacial score (nSPS) is 12.5. The van der Waals surface area contributed by atoms with Gasteiger partial charge in [0.15, 0.2) is 0 Å². The van der Waals surface area contributed by atoms with E-state index in [0.29, 0.717) is 24.5 Å². The molecule has 0 spiro atoms. The van der Waals surface area contributed by atoms with E-state index >= 15 is 0 Å². The molecule has 19 heavy (non-hydrogen) atoms. The lowest BCUT2D eigenvalue weighted by atomic mass is 10.2. The lowest BCUT2D eigenvalue weighted by Gasteiger charge is -2.23. The summed E-state index contributed by atoms with van der Waals surface area (Å²) in [6.07, 6.45) is 3.86. The topological polar surface area (TPSA) is 50.3 Å². The molecule has 1 unspecified atom stereocenters. The van der Waals surface area contributed by atoms with Crippen molar-refractivity contribution in [3.63, 3.8) is 0 Å². The molecule has 0 aliphatic rings. The summed E-state index contributed by atoms with van der Waals surface area (Å²) in [7, 11) is 2.14. The molecule has 1 aromatic rings. The number of ether oxygens (including phenoxy) is 1. The average Bonchev–Trinajstić information content (AvgIpc) is 2.44. The highest BCUT2D eigenvalue weighted by molar-refractivity contribution is 5.27. The molecule has 5 heteroatoms. The van der Waals surface area contributed by atoms with Gasteiger partial charge in [-0.3, -0.25) is 0 Å². The van der Waals surface area contributed by atoms with Crippen molar-refractivity contribution in [3.8, 4) is 5.88 Å². The zero-order chi connectivity index (χ0) is 14.1. The molecular formula is C14H26N4O. The Balaban J connectivity index is 2.36. The Labute approximate surface area is 116 Å². The van der Waals surface area contributed by atoms with Crippen molar-refractivity contribution < 1.29 is 4.74 Å². The smallest absolute Gasteiger partial charge is 0.225 e. The van der Waals surface area contributed by atoms with Crippen molar-refractivity contribution in [1.82, 2.24) is 14.9 Å². The molecule has 108 valence electrons. The Morgan fingerprint density at radius 3 is 2.89 bits per heavy atom. The fraction of sp³-hybridized carbons (Fsp3) is 0.714. The summed E-state index contributed by atoms with van der Waals surface area (Å²) in [6.45, 7) is 9.00. The van der Waals surface area contributed by atoms with Crippen LogP contribution in [-0.2, 0) is 0 Å². The number of hydrogen-bond acceptors (Lipinski definition) is 5. The quantitative estimate of drug-likeness (QED) is 0.744. The second-order valence-electron chi connectivity index (χ2n) is 4.73. The molecule has 0 aliphatic heterocycles. The lowest BCUT2D eigenvalue weighted by molar-refractivity contribution is 0.261. The minimum absolute atomic E-state index is 0.599. The van der Waals surface area contributed by atoms with Crippen LogP contribution in [0.1, 0.15) is 33.6 Å². The van der Waals surface area contributed by atoms with Gasteiger partial charge in [-0.15, -0.1) is 0 Å². The molecule has 1 rings (SSSR count). The van der Waals surface area contributed by atoms with Gasteiger partial charge in [0.2, 0.25) is 11.8 Å². The minimum Gasteiger partial charge on any atom is -0.478 e. The number of nitrogens with zero attached hydrogens (tertiary/aromatic N) is 3. The van der Waals surface area contributed by atoms with Crippen molar-refractivity contribution in [2.24, 2.45) is 0 Å². The van der Waals surface area contributed by atoms with Gasteiger partial charge in [-0.25, -0.2) is 4.98 Å². The highest BCUT2D eigenvalue weighted by Crippen LogP contribution is 2.08. The summed E-state index contributed by atoms with van der Waals surface area (Å²) < 4.78 is 5.48. The molecule has 0 saturated heterocycles. The molecule has 0 saturated carbocycles. The monoisotopic (exact) mass is 266 g/mol. The van der Waals surface area contributed by atoms with Gasteiger partial charge in [0.1, 0.15) is 0 Å². The summed E-state index contributed by atoms with van der Waals surface area (Å²) in [5.74, 6) is 1.26. The van der Waals surface area contributed by atoms with Crippen molar-refractivity contribution in [2.75, 3.05) is 32.1 Å². The zero-order valence-electron chi connectivity index (χ0n) is 12.5. The molecule has 0 radical (unpaired) electrons. The van der Waals surface area contributed by atoms with Crippen LogP contribution in [0.3, 0.4) is 0 Å². The van der Waals surface area contributed by atoms with Gasteiger partial charge < -0.3 is 15.0 Å². The fourth-order valence-corrected chi connectivity index (χ4v) is 1.59. The summed E-state index contributed by atoms with van der Waals surface area (Å²) >= 11 is 0. The van der Waals surface area contributed by atoms with Crippen molar-refractivity contribution in [2.45, 2.75) is 39.7 Å². The van der Waals surface area contributed by atoms with Crippen LogP contribution >= 0.6 is 0 Å². The number of rotatable bonds is 9. The molecule has 1 heterocycles. The van der Waals surface area contributed by atoms with E-state index in [1.807, 2.05) is 0 Å². The third-order valence-corrected chi connectivity index (χ3v) is 3.17. The lowest BCUT2D eigenvalue weighted by Crippen LogP contribution is -2.32. The molecule has 5 nitrogen and oxygen atoms in total. The SMILES string of the molecule is CCCOc1ccnc(NCCN(C)C(C)CC)n1. The van der Waals surface area contributed by atoms with Crippen LogP contribution in [0.2, 0.25) is 0 Å². The van der Waals surface area contributed by atoms with E-state index < -0.39 is 0 Å². The van der Waals surface area contributed by atoms with E-state index in [2.05, 4.69) is 48.0 Å². The first-order chi connectivity index (χ1) is 9.17. The fourth-order valence-electron chi connectivity index (χ4n) is 1.59. The van der Waals surface area contributed by atoms with Gasteiger partial charge in [0.05, 0.1) is 6.61 Å². The van der Waals surface area contributed by atoms with Crippen LogP contribution in [-0.4, -0.2) is 47.7 Å². The van der Waals surface area contributed by atoms with E-state index in [-0.39, 0.29) is 0 Å². The first-order valence-electron chi connectivity index (χ1n) is 7.07. The van der Waals surface area contributed by atoms with E-state index in [9.17, 15) is 0 Å². The standard InChI is InChI=1S/C14H26N4O/c1-5-11-19-13-7-8-15-14(17-13)16-9-10-18(4)12(3)6-2/h7-8,12H,5-6,9-11H2,1-4H3,(H,15,16,17). The van der Waals surface area contributed by atoms with Crippen molar-refractivity contribution in [1.29, 1.82) is 0 Å². The molecule has 1 N–H and O–H groups in total. The third-order valence-electron chi connectivity index (χ3n) is 3.17. The Morgan fingerprint density at radius 2 is 2.21 bits per heavy atom. The number of hydrogen-bond donors (Lipinski definition) is 1. The molecule has 0 amide bonds. The zero-order valence-corrected chi connectivity index (χ0v) is 12.5. The van der Waals surface area contributed by atoms with Gasteiger partial charge in [-0.05, 0) is 26.8 Å². The first kappa shape index (κ1) is 15.7. The third kappa shape index (κ3) is 5.87. The van der Waals surface area contributed by atoms with Gasteiger partial charge in [-0.2, -0.15) is 4.98 Å². The average molecular weight is 266 g/mol. The van der Waals surface area contributed by atoms with E-state index in [0.717, 1.165) is 25.9 Å². The Hall–Kier alpha value is -1.36.